The van der Waals surface area contributed by atoms with E-state index in [1.807, 2.05) is 24.3 Å². The summed E-state index contributed by atoms with van der Waals surface area (Å²) in [6, 6.07) is 6.36. The minimum atomic E-state index is -1.04. The SMILES string of the molecule is C[C@H](NC(=O)N1CCN(c2ccc(Cl)cc2)CC1)C(=O)O. The van der Waals surface area contributed by atoms with E-state index in [-0.39, 0.29) is 6.03 Å². The van der Waals surface area contributed by atoms with Crippen molar-refractivity contribution in [2.75, 3.05) is 31.1 Å². The maximum atomic E-state index is 11.9. The zero-order chi connectivity index (χ0) is 15.4. The zero-order valence-electron chi connectivity index (χ0n) is 11.8. The lowest BCUT2D eigenvalue weighted by atomic mass is 10.2. The largest absolute Gasteiger partial charge is 0.480 e. The Bertz CT molecular complexity index is 513. The first-order chi connectivity index (χ1) is 9.97. The number of amides is 2. The van der Waals surface area contributed by atoms with Crippen molar-refractivity contribution in [1.82, 2.24) is 10.2 Å². The number of piperazine rings is 1. The van der Waals surface area contributed by atoms with Gasteiger partial charge in [-0.25, -0.2) is 4.79 Å². The van der Waals surface area contributed by atoms with Crippen LogP contribution in [0.15, 0.2) is 24.3 Å². The van der Waals surface area contributed by atoms with Crippen LogP contribution in [0.5, 0.6) is 0 Å². The predicted octanol–water partition coefficient (Wildman–Crippen LogP) is 1.64. The number of carbonyl (C=O) groups is 2. The highest BCUT2D eigenvalue weighted by atomic mass is 35.5. The second kappa shape index (κ2) is 6.67. The third-order valence-corrected chi connectivity index (χ3v) is 3.72. The Labute approximate surface area is 128 Å². The van der Waals surface area contributed by atoms with Gasteiger partial charge in [0.1, 0.15) is 6.04 Å². The number of hydrogen-bond acceptors (Lipinski definition) is 3. The van der Waals surface area contributed by atoms with Crippen LogP contribution in [0.4, 0.5) is 10.5 Å². The number of rotatable bonds is 3. The average molecular weight is 312 g/mol. The van der Waals surface area contributed by atoms with Crippen LogP contribution in [0.25, 0.3) is 0 Å². The number of benzene rings is 1. The van der Waals surface area contributed by atoms with Crippen LogP contribution in [0.1, 0.15) is 6.92 Å². The van der Waals surface area contributed by atoms with Crippen molar-refractivity contribution in [2.45, 2.75) is 13.0 Å². The van der Waals surface area contributed by atoms with Gasteiger partial charge in [0.25, 0.3) is 0 Å². The number of urea groups is 1. The summed E-state index contributed by atoms with van der Waals surface area (Å²) in [4.78, 5) is 26.4. The maximum Gasteiger partial charge on any atom is 0.325 e. The highest BCUT2D eigenvalue weighted by Crippen LogP contribution is 2.19. The predicted molar refractivity (Wildman–Crippen MR) is 80.9 cm³/mol. The van der Waals surface area contributed by atoms with Gasteiger partial charge in [-0.05, 0) is 31.2 Å². The molecule has 2 rings (SSSR count). The normalized spacial score (nSPS) is 16.5. The van der Waals surface area contributed by atoms with Gasteiger partial charge in [0, 0.05) is 36.9 Å². The van der Waals surface area contributed by atoms with E-state index in [9.17, 15) is 9.59 Å². The fourth-order valence-electron chi connectivity index (χ4n) is 2.16. The molecule has 0 bridgehead atoms. The van der Waals surface area contributed by atoms with E-state index in [1.54, 1.807) is 4.90 Å². The van der Waals surface area contributed by atoms with Crippen LogP contribution < -0.4 is 10.2 Å². The van der Waals surface area contributed by atoms with Crippen molar-refractivity contribution in [3.05, 3.63) is 29.3 Å². The number of halogens is 1. The number of hydrogen-bond donors (Lipinski definition) is 2. The van der Waals surface area contributed by atoms with Gasteiger partial charge < -0.3 is 20.2 Å². The lowest BCUT2D eigenvalue weighted by molar-refractivity contribution is -0.138. The molecule has 0 spiro atoms. The standard InChI is InChI=1S/C14H18ClN3O3/c1-10(13(19)20)16-14(21)18-8-6-17(7-9-18)12-4-2-11(15)3-5-12/h2-5,10H,6-9H2,1H3,(H,16,21)(H,19,20)/t10-/m0/s1. The molecule has 0 unspecified atom stereocenters. The van der Waals surface area contributed by atoms with Crippen LogP contribution >= 0.6 is 11.6 Å². The number of nitrogens with one attached hydrogen (secondary N) is 1. The molecule has 114 valence electrons. The highest BCUT2D eigenvalue weighted by molar-refractivity contribution is 6.30. The lowest BCUT2D eigenvalue weighted by Crippen LogP contribution is -2.54. The van der Waals surface area contributed by atoms with Crippen molar-refractivity contribution in [3.63, 3.8) is 0 Å². The first-order valence-electron chi connectivity index (χ1n) is 6.76. The topological polar surface area (TPSA) is 72.9 Å². The highest BCUT2D eigenvalue weighted by Gasteiger charge is 2.23. The van der Waals surface area contributed by atoms with E-state index < -0.39 is 12.0 Å². The van der Waals surface area contributed by atoms with E-state index in [4.69, 9.17) is 16.7 Å². The Hall–Kier alpha value is -1.95. The summed E-state index contributed by atoms with van der Waals surface area (Å²) in [6.07, 6.45) is 0. The minimum Gasteiger partial charge on any atom is -0.480 e. The fraction of sp³-hybridized carbons (Fsp3) is 0.429. The average Bonchev–Trinajstić information content (AvgIpc) is 2.48. The number of carboxylic acid groups (broad SMARTS) is 1. The Morgan fingerprint density at radius 2 is 1.76 bits per heavy atom. The summed E-state index contributed by atoms with van der Waals surface area (Å²) in [7, 11) is 0. The molecule has 0 saturated carbocycles. The molecule has 2 amide bonds. The minimum absolute atomic E-state index is 0.333. The smallest absolute Gasteiger partial charge is 0.325 e. The molecule has 0 radical (unpaired) electrons. The Morgan fingerprint density at radius 1 is 1.19 bits per heavy atom. The lowest BCUT2D eigenvalue weighted by Gasteiger charge is -2.36. The number of carboxylic acids is 1. The Balaban J connectivity index is 1.86. The van der Waals surface area contributed by atoms with E-state index in [0.717, 1.165) is 5.69 Å². The number of aliphatic carboxylic acids is 1. The van der Waals surface area contributed by atoms with Gasteiger partial charge in [-0.3, -0.25) is 4.79 Å². The van der Waals surface area contributed by atoms with Gasteiger partial charge in [-0.1, -0.05) is 11.6 Å². The summed E-state index contributed by atoms with van der Waals surface area (Å²) in [5.41, 5.74) is 1.07. The number of carbonyl (C=O) groups excluding carboxylic acids is 1. The third kappa shape index (κ3) is 4.01. The first-order valence-corrected chi connectivity index (χ1v) is 7.14. The summed E-state index contributed by atoms with van der Waals surface area (Å²) < 4.78 is 0. The second-order valence-electron chi connectivity index (χ2n) is 4.96. The van der Waals surface area contributed by atoms with Crippen molar-refractivity contribution in [2.24, 2.45) is 0 Å². The fourth-order valence-corrected chi connectivity index (χ4v) is 2.28. The van der Waals surface area contributed by atoms with Crippen LogP contribution in [0.2, 0.25) is 5.02 Å². The molecule has 1 aliphatic heterocycles. The number of anilines is 1. The summed E-state index contributed by atoms with van der Waals surface area (Å²) in [5, 5.41) is 11.9. The van der Waals surface area contributed by atoms with Crippen molar-refractivity contribution < 1.29 is 14.7 Å². The maximum absolute atomic E-state index is 11.9. The van der Waals surface area contributed by atoms with E-state index in [2.05, 4.69) is 10.2 Å². The molecule has 6 nitrogen and oxygen atoms in total. The van der Waals surface area contributed by atoms with Gasteiger partial charge in [0.05, 0.1) is 0 Å². The molecule has 1 aromatic rings. The van der Waals surface area contributed by atoms with Gasteiger partial charge in [-0.15, -0.1) is 0 Å². The molecule has 2 N–H and O–H groups in total. The van der Waals surface area contributed by atoms with Crippen LogP contribution in [-0.4, -0.2) is 54.2 Å². The monoisotopic (exact) mass is 311 g/mol. The van der Waals surface area contributed by atoms with Gasteiger partial charge in [0.2, 0.25) is 0 Å². The molecule has 1 fully saturated rings. The van der Waals surface area contributed by atoms with Gasteiger partial charge in [-0.2, -0.15) is 0 Å². The molecule has 1 aromatic carbocycles. The summed E-state index contributed by atoms with van der Waals surface area (Å²) in [5.74, 6) is -1.04. The molecule has 1 atom stereocenters. The van der Waals surface area contributed by atoms with Crippen molar-refractivity contribution >= 4 is 29.3 Å². The molecule has 1 saturated heterocycles. The Morgan fingerprint density at radius 3 is 2.29 bits per heavy atom. The van der Waals surface area contributed by atoms with Crippen LogP contribution in [-0.2, 0) is 4.79 Å². The molecular weight excluding hydrogens is 294 g/mol. The molecule has 1 aliphatic rings. The molecule has 7 heteroatoms. The summed E-state index contributed by atoms with van der Waals surface area (Å²) >= 11 is 5.86. The molecule has 0 aromatic heterocycles. The number of nitrogens with zero attached hydrogens (tertiary/aromatic N) is 2. The van der Waals surface area contributed by atoms with Gasteiger partial charge >= 0.3 is 12.0 Å². The van der Waals surface area contributed by atoms with Crippen molar-refractivity contribution in [1.29, 1.82) is 0 Å². The van der Waals surface area contributed by atoms with E-state index in [1.165, 1.54) is 6.92 Å². The summed E-state index contributed by atoms with van der Waals surface area (Å²) in [6.45, 7) is 3.97. The molecule has 0 aliphatic carbocycles. The molecular formula is C14H18ClN3O3. The van der Waals surface area contributed by atoms with E-state index in [0.29, 0.717) is 31.2 Å². The zero-order valence-corrected chi connectivity index (χ0v) is 12.5. The van der Waals surface area contributed by atoms with Crippen molar-refractivity contribution in [3.8, 4) is 0 Å². The quantitative estimate of drug-likeness (QED) is 0.890. The van der Waals surface area contributed by atoms with Crippen LogP contribution in [0.3, 0.4) is 0 Å². The third-order valence-electron chi connectivity index (χ3n) is 3.47. The molecule has 21 heavy (non-hydrogen) atoms. The first kappa shape index (κ1) is 15.4. The Kier molecular flexibility index (Phi) is 4.90. The second-order valence-corrected chi connectivity index (χ2v) is 5.40. The van der Waals surface area contributed by atoms with E-state index >= 15 is 0 Å². The molecule has 1 heterocycles. The van der Waals surface area contributed by atoms with Gasteiger partial charge in [0.15, 0.2) is 0 Å². The van der Waals surface area contributed by atoms with Crippen LogP contribution in [0, 0.1) is 0 Å².